The number of alkyl halides is 3. The van der Waals surface area contributed by atoms with E-state index >= 15 is 0 Å². The second-order valence-corrected chi connectivity index (χ2v) is 4.58. The lowest BCUT2D eigenvalue weighted by Crippen LogP contribution is -2.52. The van der Waals surface area contributed by atoms with Crippen LogP contribution in [0.2, 0.25) is 0 Å². The molecular formula is C11H19F3N2O2. The first kappa shape index (κ1) is 15.2. The van der Waals surface area contributed by atoms with E-state index < -0.39 is 17.5 Å². The molecule has 18 heavy (non-hydrogen) atoms. The summed E-state index contributed by atoms with van der Waals surface area (Å²) >= 11 is 0. The molecule has 0 aliphatic carbocycles. The first-order valence-corrected chi connectivity index (χ1v) is 5.87. The lowest BCUT2D eigenvalue weighted by Gasteiger charge is -2.33. The summed E-state index contributed by atoms with van der Waals surface area (Å²) in [5.41, 5.74) is -2.26. The van der Waals surface area contributed by atoms with Gasteiger partial charge in [-0.05, 0) is 19.4 Å². The number of halogens is 3. The highest BCUT2D eigenvalue weighted by Gasteiger charge is 2.62. The molecule has 1 saturated heterocycles. The minimum Gasteiger partial charge on any atom is -0.385 e. The number of amides is 1. The predicted molar refractivity (Wildman–Crippen MR) is 60.1 cm³/mol. The zero-order valence-electron chi connectivity index (χ0n) is 10.6. The van der Waals surface area contributed by atoms with E-state index in [-0.39, 0.29) is 26.1 Å². The van der Waals surface area contributed by atoms with Gasteiger partial charge in [0.15, 0.2) is 5.41 Å². The average molecular weight is 268 g/mol. The SMILES string of the molecule is COCCCN(C)C(=O)C1(C(F)(F)F)CCNC1. The average Bonchev–Trinajstić information content (AvgIpc) is 2.77. The van der Waals surface area contributed by atoms with Crippen molar-refractivity contribution in [3.63, 3.8) is 0 Å². The predicted octanol–water partition coefficient (Wildman–Crippen LogP) is 1.02. The van der Waals surface area contributed by atoms with Crippen LogP contribution in [0.3, 0.4) is 0 Å². The minimum absolute atomic E-state index is 0.191. The maximum Gasteiger partial charge on any atom is 0.404 e. The molecule has 4 nitrogen and oxygen atoms in total. The van der Waals surface area contributed by atoms with Gasteiger partial charge in [-0.1, -0.05) is 0 Å². The lowest BCUT2D eigenvalue weighted by molar-refractivity contribution is -0.221. The molecule has 0 aromatic carbocycles. The van der Waals surface area contributed by atoms with Crippen LogP contribution < -0.4 is 5.32 Å². The van der Waals surface area contributed by atoms with Gasteiger partial charge >= 0.3 is 6.18 Å². The van der Waals surface area contributed by atoms with Crippen molar-refractivity contribution in [3.8, 4) is 0 Å². The Balaban J connectivity index is 2.72. The van der Waals surface area contributed by atoms with Gasteiger partial charge in [-0.25, -0.2) is 0 Å². The van der Waals surface area contributed by atoms with Crippen molar-refractivity contribution in [2.75, 3.05) is 40.4 Å². The highest BCUT2D eigenvalue weighted by atomic mass is 19.4. The third-order valence-corrected chi connectivity index (χ3v) is 3.30. The summed E-state index contributed by atoms with van der Waals surface area (Å²) in [6, 6.07) is 0. The molecule has 0 saturated carbocycles. The van der Waals surface area contributed by atoms with E-state index in [0.29, 0.717) is 13.0 Å². The molecule has 1 aliphatic rings. The molecule has 0 aromatic heterocycles. The standard InChI is InChI=1S/C11H19F3N2O2/c1-16(6-3-7-18-2)9(17)10(11(12,13)14)4-5-15-8-10/h15H,3-8H2,1-2H3. The number of carbonyl (C=O) groups excluding carboxylic acids is 1. The minimum atomic E-state index is -4.51. The number of ether oxygens (including phenoxy) is 1. The zero-order valence-corrected chi connectivity index (χ0v) is 10.6. The van der Waals surface area contributed by atoms with Gasteiger partial charge in [-0.15, -0.1) is 0 Å². The maximum absolute atomic E-state index is 13.1. The van der Waals surface area contributed by atoms with Crippen molar-refractivity contribution < 1.29 is 22.7 Å². The summed E-state index contributed by atoms with van der Waals surface area (Å²) in [6.45, 7) is 0.584. The smallest absolute Gasteiger partial charge is 0.385 e. The summed E-state index contributed by atoms with van der Waals surface area (Å²) in [7, 11) is 2.92. The van der Waals surface area contributed by atoms with Crippen LogP contribution in [0.5, 0.6) is 0 Å². The second kappa shape index (κ2) is 5.88. The van der Waals surface area contributed by atoms with Gasteiger partial charge in [0.2, 0.25) is 5.91 Å². The number of hydrogen-bond donors (Lipinski definition) is 1. The Kier molecular flexibility index (Phi) is 4.98. The zero-order chi connectivity index (χ0) is 13.8. The number of rotatable bonds is 5. The van der Waals surface area contributed by atoms with Gasteiger partial charge in [-0.2, -0.15) is 13.2 Å². The summed E-state index contributed by atoms with van der Waals surface area (Å²) in [6.07, 6.45) is -4.17. The Bertz CT molecular complexity index is 289. The first-order valence-electron chi connectivity index (χ1n) is 5.87. The molecule has 106 valence electrons. The second-order valence-electron chi connectivity index (χ2n) is 4.58. The first-order chi connectivity index (χ1) is 8.35. The fourth-order valence-electron chi connectivity index (χ4n) is 2.15. The number of nitrogens with zero attached hydrogens (tertiary/aromatic N) is 1. The Hall–Kier alpha value is -0.820. The molecule has 0 radical (unpaired) electrons. The van der Waals surface area contributed by atoms with Crippen molar-refractivity contribution in [2.45, 2.75) is 19.0 Å². The highest BCUT2D eigenvalue weighted by Crippen LogP contribution is 2.44. The summed E-state index contributed by atoms with van der Waals surface area (Å²) in [4.78, 5) is 13.2. The Morgan fingerprint density at radius 2 is 2.17 bits per heavy atom. The van der Waals surface area contributed by atoms with Gasteiger partial charge in [0, 0.05) is 33.9 Å². The molecule has 1 fully saturated rings. The van der Waals surface area contributed by atoms with Crippen LogP contribution in [0, 0.1) is 5.41 Å². The number of carbonyl (C=O) groups is 1. The van der Waals surface area contributed by atoms with Crippen LogP contribution in [0.25, 0.3) is 0 Å². The number of methoxy groups -OCH3 is 1. The number of hydrogen-bond acceptors (Lipinski definition) is 3. The van der Waals surface area contributed by atoms with Crippen LogP contribution in [-0.4, -0.2) is 57.4 Å². The topological polar surface area (TPSA) is 41.6 Å². The molecule has 1 unspecified atom stereocenters. The van der Waals surface area contributed by atoms with E-state index in [1.165, 1.54) is 14.2 Å². The fraction of sp³-hybridized carbons (Fsp3) is 0.909. The largest absolute Gasteiger partial charge is 0.404 e. The molecule has 1 amide bonds. The van der Waals surface area contributed by atoms with Crippen LogP contribution in [0.4, 0.5) is 13.2 Å². The maximum atomic E-state index is 13.1. The van der Waals surface area contributed by atoms with Crippen LogP contribution >= 0.6 is 0 Å². The molecule has 1 aliphatic heterocycles. The van der Waals surface area contributed by atoms with Crippen molar-refractivity contribution in [1.29, 1.82) is 0 Å². The lowest BCUT2D eigenvalue weighted by atomic mass is 9.84. The monoisotopic (exact) mass is 268 g/mol. The molecule has 7 heteroatoms. The molecule has 0 bridgehead atoms. The third kappa shape index (κ3) is 2.95. The van der Waals surface area contributed by atoms with Crippen molar-refractivity contribution in [2.24, 2.45) is 5.41 Å². The van der Waals surface area contributed by atoms with Gasteiger partial charge in [0.1, 0.15) is 0 Å². The van der Waals surface area contributed by atoms with Crippen LogP contribution in [-0.2, 0) is 9.53 Å². The summed E-state index contributed by atoms with van der Waals surface area (Å²) in [5, 5.41) is 2.63. The third-order valence-electron chi connectivity index (χ3n) is 3.30. The molecule has 1 heterocycles. The van der Waals surface area contributed by atoms with Gasteiger partial charge in [0.05, 0.1) is 0 Å². The van der Waals surface area contributed by atoms with E-state index in [2.05, 4.69) is 5.32 Å². The van der Waals surface area contributed by atoms with Crippen molar-refractivity contribution >= 4 is 5.91 Å². The molecule has 1 atom stereocenters. The quantitative estimate of drug-likeness (QED) is 0.757. The number of nitrogens with one attached hydrogen (secondary N) is 1. The van der Waals surface area contributed by atoms with Crippen molar-refractivity contribution in [1.82, 2.24) is 10.2 Å². The molecular weight excluding hydrogens is 249 g/mol. The highest BCUT2D eigenvalue weighted by molar-refractivity contribution is 5.84. The molecule has 1 rings (SSSR count). The van der Waals surface area contributed by atoms with E-state index in [4.69, 9.17) is 4.74 Å². The van der Waals surface area contributed by atoms with Crippen LogP contribution in [0.15, 0.2) is 0 Å². The normalized spacial score (nSPS) is 24.3. The van der Waals surface area contributed by atoms with E-state index in [1.54, 1.807) is 0 Å². The van der Waals surface area contributed by atoms with Crippen molar-refractivity contribution in [3.05, 3.63) is 0 Å². The van der Waals surface area contributed by atoms with Gasteiger partial charge < -0.3 is 15.0 Å². The van der Waals surface area contributed by atoms with Gasteiger partial charge in [-0.3, -0.25) is 4.79 Å². The van der Waals surface area contributed by atoms with E-state index in [9.17, 15) is 18.0 Å². The van der Waals surface area contributed by atoms with Gasteiger partial charge in [0.25, 0.3) is 0 Å². The molecule has 1 N–H and O–H groups in total. The van der Waals surface area contributed by atoms with E-state index in [0.717, 1.165) is 4.90 Å². The Labute approximate surface area is 104 Å². The fourth-order valence-corrected chi connectivity index (χ4v) is 2.15. The summed E-state index contributed by atoms with van der Waals surface area (Å²) < 4.78 is 44.1. The van der Waals surface area contributed by atoms with E-state index in [1.807, 2.05) is 0 Å². The molecule has 0 aromatic rings. The van der Waals surface area contributed by atoms with Crippen LogP contribution in [0.1, 0.15) is 12.8 Å². The molecule has 0 spiro atoms. The summed E-state index contributed by atoms with van der Waals surface area (Å²) in [5.74, 6) is -0.851. The Morgan fingerprint density at radius 1 is 1.50 bits per heavy atom. The Morgan fingerprint density at radius 3 is 2.61 bits per heavy atom.